The highest BCUT2D eigenvalue weighted by Crippen LogP contribution is 2.65. The average molecular weight is 238 g/mol. The zero-order chi connectivity index (χ0) is 12.1. The molecule has 0 heterocycles. The molecule has 0 aromatic heterocycles. The Bertz CT molecular complexity index is 322. The molecule has 4 bridgehead atoms. The minimum Gasteiger partial charge on any atom is -0.466 e. The third-order valence-electron chi connectivity index (χ3n) is 5.23. The lowest BCUT2D eigenvalue weighted by molar-refractivity contribution is -0.184. The maximum absolute atomic E-state index is 12.3. The van der Waals surface area contributed by atoms with Crippen LogP contribution in [0.25, 0.3) is 0 Å². The van der Waals surface area contributed by atoms with Crippen LogP contribution >= 0.6 is 0 Å². The summed E-state index contributed by atoms with van der Waals surface area (Å²) in [5, 5.41) is 9.71. The van der Waals surface area contributed by atoms with Crippen LogP contribution < -0.4 is 0 Å². The van der Waals surface area contributed by atoms with Gasteiger partial charge in [0.25, 0.3) is 0 Å². The van der Waals surface area contributed by atoms with Gasteiger partial charge in [-0.1, -0.05) is 0 Å². The lowest BCUT2D eigenvalue weighted by atomic mass is 9.44. The van der Waals surface area contributed by atoms with Gasteiger partial charge < -0.3 is 9.84 Å². The first-order valence-corrected chi connectivity index (χ1v) is 6.89. The fourth-order valence-electron chi connectivity index (χ4n) is 5.16. The molecule has 2 atom stereocenters. The highest BCUT2D eigenvalue weighted by Gasteiger charge is 2.60. The standard InChI is InChI=1S/C14H22O3/c1-2-17-12(16)14-6-10-3-11(7-14)5-13(4-10,8-14)9-15/h10-11,15H,2-9H2,1H3. The molecule has 4 saturated carbocycles. The van der Waals surface area contributed by atoms with E-state index in [0.717, 1.165) is 32.1 Å². The van der Waals surface area contributed by atoms with Crippen LogP contribution in [0.1, 0.15) is 45.4 Å². The molecule has 3 nitrogen and oxygen atoms in total. The molecule has 0 radical (unpaired) electrons. The molecule has 2 unspecified atom stereocenters. The first-order chi connectivity index (χ1) is 8.11. The first-order valence-electron chi connectivity index (χ1n) is 6.89. The van der Waals surface area contributed by atoms with Gasteiger partial charge in [0, 0.05) is 6.61 Å². The summed E-state index contributed by atoms with van der Waals surface area (Å²) in [6.07, 6.45) is 6.39. The van der Waals surface area contributed by atoms with Gasteiger partial charge in [-0.2, -0.15) is 0 Å². The van der Waals surface area contributed by atoms with Crippen molar-refractivity contribution >= 4 is 5.97 Å². The Labute approximate surface area is 103 Å². The van der Waals surface area contributed by atoms with Crippen LogP contribution in [0.3, 0.4) is 0 Å². The van der Waals surface area contributed by atoms with Crippen molar-refractivity contribution in [3.63, 3.8) is 0 Å². The van der Waals surface area contributed by atoms with E-state index >= 15 is 0 Å². The maximum atomic E-state index is 12.3. The van der Waals surface area contributed by atoms with Gasteiger partial charge in [0.05, 0.1) is 12.0 Å². The SMILES string of the molecule is CCOC(=O)C12CC3CC(CC(CO)(C3)C1)C2. The second-order valence-electron chi connectivity index (χ2n) is 6.62. The van der Waals surface area contributed by atoms with Gasteiger partial charge in [-0.05, 0) is 62.7 Å². The summed E-state index contributed by atoms with van der Waals surface area (Å²) in [6, 6.07) is 0. The van der Waals surface area contributed by atoms with E-state index in [2.05, 4.69) is 0 Å². The number of hydrogen-bond donors (Lipinski definition) is 1. The van der Waals surface area contributed by atoms with Gasteiger partial charge in [0.15, 0.2) is 0 Å². The number of carbonyl (C=O) groups is 1. The van der Waals surface area contributed by atoms with Gasteiger partial charge in [-0.3, -0.25) is 4.79 Å². The summed E-state index contributed by atoms with van der Waals surface area (Å²) in [7, 11) is 0. The largest absolute Gasteiger partial charge is 0.466 e. The van der Waals surface area contributed by atoms with Crippen molar-refractivity contribution in [3.05, 3.63) is 0 Å². The monoisotopic (exact) mass is 238 g/mol. The molecule has 4 aliphatic carbocycles. The predicted octanol–water partition coefficient (Wildman–Crippen LogP) is 2.13. The van der Waals surface area contributed by atoms with Crippen LogP contribution in [0.2, 0.25) is 0 Å². The summed E-state index contributed by atoms with van der Waals surface area (Å²) >= 11 is 0. The second kappa shape index (κ2) is 3.71. The first kappa shape index (κ1) is 11.5. The summed E-state index contributed by atoms with van der Waals surface area (Å²) in [4.78, 5) is 12.3. The summed E-state index contributed by atoms with van der Waals surface area (Å²) in [6.45, 7) is 2.60. The molecule has 17 heavy (non-hydrogen) atoms. The molecule has 96 valence electrons. The van der Waals surface area contributed by atoms with Crippen molar-refractivity contribution in [2.75, 3.05) is 13.2 Å². The molecule has 0 aromatic carbocycles. The zero-order valence-corrected chi connectivity index (χ0v) is 10.6. The number of aliphatic hydroxyl groups excluding tert-OH is 1. The minimum absolute atomic E-state index is 0.00641. The predicted molar refractivity (Wildman–Crippen MR) is 63.3 cm³/mol. The number of esters is 1. The quantitative estimate of drug-likeness (QED) is 0.766. The molecule has 0 aromatic rings. The Kier molecular flexibility index (Phi) is 2.51. The van der Waals surface area contributed by atoms with Gasteiger partial charge >= 0.3 is 5.97 Å². The van der Waals surface area contributed by atoms with E-state index in [1.807, 2.05) is 6.92 Å². The number of carbonyl (C=O) groups excluding carboxylic acids is 1. The zero-order valence-electron chi connectivity index (χ0n) is 10.6. The van der Waals surface area contributed by atoms with Crippen molar-refractivity contribution in [3.8, 4) is 0 Å². The number of aliphatic hydroxyl groups is 1. The Morgan fingerprint density at radius 1 is 1.29 bits per heavy atom. The third kappa shape index (κ3) is 1.62. The van der Waals surface area contributed by atoms with E-state index in [1.165, 1.54) is 6.42 Å². The van der Waals surface area contributed by atoms with Crippen molar-refractivity contribution < 1.29 is 14.6 Å². The Balaban J connectivity index is 1.89. The van der Waals surface area contributed by atoms with Gasteiger partial charge in [0.1, 0.15) is 0 Å². The van der Waals surface area contributed by atoms with Crippen LogP contribution in [0.15, 0.2) is 0 Å². The van der Waals surface area contributed by atoms with E-state index in [0.29, 0.717) is 18.4 Å². The minimum atomic E-state index is -0.247. The second-order valence-corrected chi connectivity index (χ2v) is 6.62. The Morgan fingerprint density at radius 3 is 2.47 bits per heavy atom. The van der Waals surface area contributed by atoms with Crippen molar-refractivity contribution in [1.29, 1.82) is 0 Å². The van der Waals surface area contributed by atoms with Crippen LogP contribution in [-0.4, -0.2) is 24.3 Å². The molecule has 0 amide bonds. The molecule has 4 aliphatic rings. The molecule has 0 spiro atoms. The van der Waals surface area contributed by atoms with E-state index in [9.17, 15) is 9.90 Å². The van der Waals surface area contributed by atoms with Crippen LogP contribution in [-0.2, 0) is 9.53 Å². The van der Waals surface area contributed by atoms with E-state index in [4.69, 9.17) is 4.74 Å². The van der Waals surface area contributed by atoms with Gasteiger partial charge in [0.2, 0.25) is 0 Å². The molecular formula is C14H22O3. The van der Waals surface area contributed by atoms with Crippen molar-refractivity contribution in [1.82, 2.24) is 0 Å². The fraction of sp³-hybridized carbons (Fsp3) is 0.929. The maximum Gasteiger partial charge on any atom is 0.312 e. The number of hydrogen-bond acceptors (Lipinski definition) is 3. The normalized spacial score (nSPS) is 47.2. The highest BCUT2D eigenvalue weighted by atomic mass is 16.5. The molecular weight excluding hydrogens is 216 g/mol. The smallest absolute Gasteiger partial charge is 0.312 e. The van der Waals surface area contributed by atoms with Gasteiger partial charge in [-0.25, -0.2) is 0 Å². The van der Waals surface area contributed by atoms with Gasteiger partial charge in [-0.15, -0.1) is 0 Å². The molecule has 1 N–H and O–H groups in total. The molecule has 0 aliphatic heterocycles. The summed E-state index contributed by atoms with van der Waals surface area (Å²) < 4.78 is 5.30. The van der Waals surface area contributed by atoms with Crippen LogP contribution in [0.5, 0.6) is 0 Å². The van der Waals surface area contributed by atoms with Crippen molar-refractivity contribution in [2.24, 2.45) is 22.7 Å². The highest BCUT2D eigenvalue weighted by molar-refractivity contribution is 5.77. The Hall–Kier alpha value is -0.570. The molecule has 4 rings (SSSR count). The van der Waals surface area contributed by atoms with E-state index in [-0.39, 0.29) is 23.4 Å². The molecule has 0 saturated heterocycles. The van der Waals surface area contributed by atoms with Crippen LogP contribution in [0, 0.1) is 22.7 Å². The van der Waals surface area contributed by atoms with E-state index < -0.39 is 0 Å². The summed E-state index contributed by atoms with van der Waals surface area (Å²) in [5.41, 5.74) is -0.209. The lowest BCUT2D eigenvalue weighted by Crippen LogP contribution is -2.56. The average Bonchev–Trinajstić information content (AvgIpc) is 2.27. The van der Waals surface area contributed by atoms with Crippen molar-refractivity contribution in [2.45, 2.75) is 45.4 Å². The third-order valence-corrected chi connectivity index (χ3v) is 5.23. The number of rotatable bonds is 3. The van der Waals surface area contributed by atoms with E-state index in [1.54, 1.807) is 0 Å². The van der Waals surface area contributed by atoms with Crippen LogP contribution in [0.4, 0.5) is 0 Å². The number of ether oxygens (including phenoxy) is 1. The lowest BCUT2D eigenvalue weighted by Gasteiger charge is -2.60. The molecule has 3 heteroatoms. The Morgan fingerprint density at radius 2 is 1.94 bits per heavy atom. The fourth-order valence-corrected chi connectivity index (χ4v) is 5.16. The topological polar surface area (TPSA) is 46.5 Å². The molecule has 4 fully saturated rings. The summed E-state index contributed by atoms with van der Waals surface area (Å²) in [5.74, 6) is 1.30.